The van der Waals surface area contributed by atoms with Gasteiger partial charge in [0.2, 0.25) is 0 Å². The Morgan fingerprint density at radius 1 is 1.71 bits per heavy atom. The summed E-state index contributed by atoms with van der Waals surface area (Å²) in [5.41, 5.74) is 0. The zero-order chi connectivity index (χ0) is 10.4. The number of tetrazole rings is 1. The number of hydrogen-bond donors (Lipinski definition) is 2. The first-order valence-corrected chi connectivity index (χ1v) is 4.31. The van der Waals surface area contributed by atoms with Gasteiger partial charge in [-0.25, -0.2) is 0 Å². The Kier molecular flexibility index (Phi) is 3.99. The lowest BCUT2D eigenvalue weighted by molar-refractivity contribution is -0.143. The molecule has 0 spiro atoms. The van der Waals surface area contributed by atoms with Crippen LogP contribution >= 0.6 is 0 Å². The lowest BCUT2D eigenvalue weighted by Crippen LogP contribution is -2.36. The van der Waals surface area contributed by atoms with Gasteiger partial charge in [0.25, 0.3) is 0 Å². The van der Waals surface area contributed by atoms with Crippen LogP contribution in [0, 0.1) is 0 Å². The van der Waals surface area contributed by atoms with Crippen LogP contribution in [-0.4, -0.2) is 39.7 Å². The maximum absolute atomic E-state index is 11.2. The van der Waals surface area contributed by atoms with Gasteiger partial charge in [0.15, 0.2) is 5.82 Å². The van der Waals surface area contributed by atoms with Crippen LogP contribution in [0.15, 0.2) is 0 Å². The van der Waals surface area contributed by atoms with Gasteiger partial charge in [-0.1, -0.05) is 12.1 Å². The third kappa shape index (κ3) is 2.77. The van der Waals surface area contributed by atoms with Crippen molar-refractivity contribution in [1.29, 1.82) is 0 Å². The fourth-order valence-electron chi connectivity index (χ4n) is 1.01. The monoisotopic (exact) mass is 199 g/mol. The highest BCUT2D eigenvalue weighted by molar-refractivity contribution is 5.75. The Morgan fingerprint density at radius 3 is 3.00 bits per heavy atom. The Balaban J connectivity index is 2.38. The van der Waals surface area contributed by atoms with Crippen LogP contribution < -0.4 is 5.32 Å². The second-order valence-corrected chi connectivity index (χ2v) is 2.69. The molecule has 0 saturated heterocycles. The summed E-state index contributed by atoms with van der Waals surface area (Å²) >= 11 is 0. The average Bonchev–Trinajstić information content (AvgIpc) is 2.71. The predicted octanol–water partition coefficient (Wildman–Crippen LogP) is -0.759. The Bertz CT molecular complexity index is 274. The highest BCUT2D eigenvalue weighted by atomic mass is 16.5. The summed E-state index contributed by atoms with van der Waals surface area (Å²) in [7, 11) is 1.36. The molecule has 0 radical (unpaired) electrons. The molecule has 1 atom stereocenters. The van der Waals surface area contributed by atoms with E-state index in [1.54, 1.807) is 0 Å². The molecule has 0 fully saturated rings. The quantitative estimate of drug-likeness (QED) is 0.605. The highest BCUT2D eigenvalue weighted by Gasteiger charge is 2.16. The average molecular weight is 199 g/mol. The normalized spacial score (nSPS) is 12.4. The van der Waals surface area contributed by atoms with Crippen LogP contribution in [0.4, 0.5) is 0 Å². The van der Waals surface area contributed by atoms with Gasteiger partial charge < -0.3 is 4.74 Å². The molecule has 0 bridgehead atoms. The third-order valence-corrected chi connectivity index (χ3v) is 1.79. The van der Waals surface area contributed by atoms with Crippen LogP contribution in [-0.2, 0) is 16.1 Å². The molecule has 1 heterocycles. The predicted molar refractivity (Wildman–Crippen MR) is 47.1 cm³/mol. The molecule has 0 aliphatic heterocycles. The van der Waals surface area contributed by atoms with Crippen LogP contribution in [0.1, 0.15) is 19.2 Å². The van der Waals surface area contributed by atoms with E-state index in [1.807, 2.05) is 6.92 Å². The van der Waals surface area contributed by atoms with Crippen molar-refractivity contribution in [3.05, 3.63) is 5.82 Å². The lowest BCUT2D eigenvalue weighted by atomic mass is 10.2. The molecule has 1 aromatic heterocycles. The number of rotatable bonds is 5. The van der Waals surface area contributed by atoms with E-state index in [0.29, 0.717) is 18.8 Å². The number of aromatic amines is 1. The first kappa shape index (κ1) is 10.6. The second kappa shape index (κ2) is 5.28. The van der Waals surface area contributed by atoms with E-state index >= 15 is 0 Å². The van der Waals surface area contributed by atoms with Gasteiger partial charge in [-0.2, -0.15) is 5.21 Å². The number of nitrogens with one attached hydrogen (secondary N) is 2. The molecule has 7 heteroatoms. The fraction of sp³-hybridized carbons (Fsp3) is 0.714. The van der Waals surface area contributed by atoms with Crippen molar-refractivity contribution in [1.82, 2.24) is 25.9 Å². The Labute approximate surface area is 81.2 Å². The lowest BCUT2D eigenvalue weighted by Gasteiger charge is -2.12. The molecule has 0 aliphatic rings. The molecule has 1 rings (SSSR count). The van der Waals surface area contributed by atoms with E-state index in [-0.39, 0.29) is 12.0 Å². The van der Waals surface area contributed by atoms with Crippen LogP contribution in [0.25, 0.3) is 0 Å². The minimum Gasteiger partial charge on any atom is -0.468 e. The number of esters is 1. The summed E-state index contributed by atoms with van der Waals surface area (Å²) in [4.78, 5) is 11.2. The Morgan fingerprint density at radius 2 is 2.50 bits per heavy atom. The molecular weight excluding hydrogens is 186 g/mol. The number of methoxy groups -OCH3 is 1. The molecule has 2 N–H and O–H groups in total. The maximum atomic E-state index is 11.2. The molecule has 0 aromatic carbocycles. The van der Waals surface area contributed by atoms with Gasteiger partial charge in [0.1, 0.15) is 6.04 Å². The first-order chi connectivity index (χ1) is 6.77. The van der Waals surface area contributed by atoms with Crippen molar-refractivity contribution < 1.29 is 9.53 Å². The van der Waals surface area contributed by atoms with Gasteiger partial charge in [0.05, 0.1) is 13.7 Å². The van der Waals surface area contributed by atoms with Gasteiger partial charge in [-0.3, -0.25) is 10.1 Å². The van der Waals surface area contributed by atoms with E-state index in [0.717, 1.165) is 0 Å². The number of hydrogen-bond acceptors (Lipinski definition) is 6. The van der Waals surface area contributed by atoms with E-state index in [9.17, 15) is 4.79 Å². The number of nitrogens with zero attached hydrogens (tertiary/aromatic N) is 3. The number of aromatic nitrogens is 4. The van der Waals surface area contributed by atoms with Crippen molar-refractivity contribution in [2.24, 2.45) is 0 Å². The van der Waals surface area contributed by atoms with Gasteiger partial charge in [-0.05, 0) is 6.42 Å². The van der Waals surface area contributed by atoms with Crippen molar-refractivity contribution in [2.45, 2.75) is 25.9 Å². The van der Waals surface area contributed by atoms with Crippen molar-refractivity contribution >= 4 is 5.97 Å². The summed E-state index contributed by atoms with van der Waals surface area (Å²) in [6, 6.07) is -0.321. The zero-order valence-electron chi connectivity index (χ0n) is 8.15. The molecular formula is C7H13N5O2. The molecule has 7 nitrogen and oxygen atoms in total. The van der Waals surface area contributed by atoms with Gasteiger partial charge >= 0.3 is 5.97 Å². The molecule has 0 aliphatic carbocycles. The van der Waals surface area contributed by atoms with E-state index in [1.165, 1.54) is 7.11 Å². The topological polar surface area (TPSA) is 92.8 Å². The van der Waals surface area contributed by atoms with Crippen molar-refractivity contribution in [2.75, 3.05) is 7.11 Å². The third-order valence-electron chi connectivity index (χ3n) is 1.79. The molecule has 0 saturated carbocycles. The second-order valence-electron chi connectivity index (χ2n) is 2.69. The van der Waals surface area contributed by atoms with Gasteiger partial charge in [0, 0.05) is 0 Å². The first-order valence-electron chi connectivity index (χ1n) is 4.31. The number of H-pyrrole nitrogens is 1. The molecule has 14 heavy (non-hydrogen) atoms. The molecule has 78 valence electrons. The molecule has 0 amide bonds. The van der Waals surface area contributed by atoms with Gasteiger partial charge in [-0.15, -0.1) is 10.2 Å². The van der Waals surface area contributed by atoms with Crippen molar-refractivity contribution in [3.63, 3.8) is 0 Å². The molecule has 1 aromatic rings. The maximum Gasteiger partial charge on any atom is 0.322 e. The summed E-state index contributed by atoms with van der Waals surface area (Å²) in [6.45, 7) is 2.29. The van der Waals surface area contributed by atoms with Crippen LogP contribution in [0.5, 0.6) is 0 Å². The largest absolute Gasteiger partial charge is 0.468 e. The number of carbonyl (C=O) groups is 1. The summed E-state index contributed by atoms with van der Waals surface area (Å²) in [6.07, 6.45) is 0.657. The fourth-order valence-corrected chi connectivity index (χ4v) is 1.01. The Hall–Kier alpha value is -1.50. The zero-order valence-corrected chi connectivity index (χ0v) is 8.15. The van der Waals surface area contributed by atoms with Crippen LogP contribution in [0.3, 0.4) is 0 Å². The standard InChI is InChI=1S/C7H13N5O2/c1-3-5(7(13)14-2)8-4-6-9-11-12-10-6/h5,8H,3-4H2,1-2H3,(H,9,10,11,12). The number of carbonyl (C=O) groups excluding carboxylic acids is 1. The summed E-state index contributed by atoms with van der Waals surface area (Å²) in [5.74, 6) is 0.239. The SMILES string of the molecule is CCC(NCc1nn[nH]n1)C(=O)OC. The van der Waals surface area contributed by atoms with E-state index < -0.39 is 0 Å². The van der Waals surface area contributed by atoms with Crippen molar-refractivity contribution in [3.8, 4) is 0 Å². The van der Waals surface area contributed by atoms with Crippen LogP contribution in [0.2, 0.25) is 0 Å². The van der Waals surface area contributed by atoms with E-state index in [2.05, 4.69) is 30.7 Å². The minimum absolute atomic E-state index is 0.281. The summed E-state index contributed by atoms with van der Waals surface area (Å²) < 4.78 is 4.61. The van der Waals surface area contributed by atoms with E-state index in [4.69, 9.17) is 0 Å². The minimum atomic E-state index is -0.321. The smallest absolute Gasteiger partial charge is 0.322 e. The summed E-state index contributed by atoms with van der Waals surface area (Å²) in [5, 5.41) is 16.2. The number of ether oxygens (including phenoxy) is 1. The molecule has 1 unspecified atom stereocenters. The highest BCUT2D eigenvalue weighted by Crippen LogP contribution is 1.95.